The van der Waals surface area contributed by atoms with Crippen molar-refractivity contribution in [2.24, 2.45) is 0 Å². The molecule has 2 aromatic carbocycles. The number of hydrogen-bond donors (Lipinski definition) is 1. The molecule has 2 aromatic heterocycles. The van der Waals surface area contributed by atoms with Crippen molar-refractivity contribution < 1.29 is 19.1 Å². The molecule has 0 saturated carbocycles. The highest BCUT2D eigenvalue weighted by atomic mass is 35.5. The van der Waals surface area contributed by atoms with Gasteiger partial charge in [-0.25, -0.2) is 9.67 Å². The van der Waals surface area contributed by atoms with Crippen LogP contribution in [0.2, 0.25) is 5.02 Å². The minimum atomic E-state index is -0.388. The lowest BCUT2D eigenvalue weighted by Crippen LogP contribution is -2.36. The topological polar surface area (TPSA) is 98.6 Å². The number of rotatable bonds is 6. The molecule has 0 spiro atoms. The van der Waals surface area contributed by atoms with Crippen molar-refractivity contribution in [1.29, 1.82) is 0 Å². The molecule has 0 atom stereocenters. The molecular weight excluding hydrogens is 470 g/mol. The summed E-state index contributed by atoms with van der Waals surface area (Å²) in [6.07, 6.45) is 1.62. The van der Waals surface area contributed by atoms with Gasteiger partial charge in [-0.3, -0.25) is 9.59 Å². The van der Waals surface area contributed by atoms with Crippen LogP contribution >= 0.6 is 11.6 Å². The van der Waals surface area contributed by atoms with E-state index >= 15 is 0 Å². The number of hydrogen-bond acceptors (Lipinski definition) is 6. The number of likely N-dealkylation sites (N-methyl/N-ethyl adjacent to an activating group) is 1. The molecule has 1 aliphatic heterocycles. The van der Waals surface area contributed by atoms with Gasteiger partial charge in [-0.2, -0.15) is 5.10 Å². The highest BCUT2D eigenvalue weighted by Crippen LogP contribution is 2.36. The third kappa shape index (κ3) is 4.63. The summed E-state index contributed by atoms with van der Waals surface area (Å²) >= 11 is 6.02. The summed E-state index contributed by atoms with van der Waals surface area (Å²) < 4.78 is 12.7. The highest BCUT2D eigenvalue weighted by molar-refractivity contribution is 6.30. The molecule has 10 heteroatoms. The van der Waals surface area contributed by atoms with Crippen LogP contribution < -0.4 is 14.8 Å². The standard InChI is InChI=1S/C25H22ClN5O4/c1-30(2)23(32)12-27-25(33)18-10-20(16-5-8-21-22(9-16)35-14-34-21)29-24-19(18)11-28-31(24)13-15-3-6-17(26)7-4-15/h3-11H,12-14H2,1-2H3,(H,27,33). The second-order valence-electron chi connectivity index (χ2n) is 8.26. The third-order valence-electron chi connectivity index (χ3n) is 5.67. The highest BCUT2D eigenvalue weighted by Gasteiger charge is 2.20. The number of carbonyl (C=O) groups excluding carboxylic acids is 2. The first-order chi connectivity index (χ1) is 16.9. The number of carbonyl (C=O) groups is 2. The molecule has 0 radical (unpaired) electrons. The number of amides is 2. The van der Waals surface area contributed by atoms with Crippen LogP contribution in [-0.2, 0) is 11.3 Å². The minimum Gasteiger partial charge on any atom is -0.454 e. The summed E-state index contributed by atoms with van der Waals surface area (Å²) in [7, 11) is 3.27. The first-order valence-electron chi connectivity index (χ1n) is 10.9. The van der Waals surface area contributed by atoms with Gasteiger partial charge in [0.2, 0.25) is 12.7 Å². The Kier molecular flexibility index (Phi) is 6.00. The Morgan fingerprint density at radius 1 is 1.09 bits per heavy atom. The zero-order chi connectivity index (χ0) is 24.5. The van der Waals surface area contributed by atoms with Crippen LogP contribution in [0, 0.1) is 0 Å². The van der Waals surface area contributed by atoms with Crippen LogP contribution in [0.1, 0.15) is 15.9 Å². The molecule has 5 rings (SSSR count). The Hall–Kier alpha value is -4.11. The Balaban J connectivity index is 1.57. The lowest BCUT2D eigenvalue weighted by atomic mass is 10.1. The van der Waals surface area contributed by atoms with Gasteiger partial charge in [-0.05, 0) is 42.0 Å². The number of pyridine rings is 1. The second kappa shape index (κ2) is 9.27. The van der Waals surface area contributed by atoms with E-state index in [9.17, 15) is 9.59 Å². The van der Waals surface area contributed by atoms with E-state index in [2.05, 4.69) is 10.4 Å². The normalized spacial score (nSPS) is 12.1. The fourth-order valence-corrected chi connectivity index (χ4v) is 3.85. The number of benzene rings is 2. The molecule has 3 heterocycles. The summed E-state index contributed by atoms with van der Waals surface area (Å²) in [5.41, 5.74) is 3.22. The molecule has 178 valence electrons. The molecule has 0 saturated heterocycles. The van der Waals surface area contributed by atoms with Gasteiger partial charge in [-0.1, -0.05) is 23.7 Å². The Labute approximate surface area is 206 Å². The molecule has 4 aromatic rings. The predicted molar refractivity (Wildman–Crippen MR) is 131 cm³/mol. The Morgan fingerprint density at radius 3 is 2.63 bits per heavy atom. The van der Waals surface area contributed by atoms with Crippen LogP contribution in [-0.4, -0.2) is 58.9 Å². The predicted octanol–water partition coefficient (Wildman–Crippen LogP) is 3.35. The number of nitrogens with one attached hydrogen (secondary N) is 1. The Bertz CT molecular complexity index is 1430. The molecule has 0 fully saturated rings. The number of ether oxygens (including phenoxy) is 2. The number of halogens is 1. The summed E-state index contributed by atoms with van der Waals surface area (Å²) in [5, 5.41) is 8.43. The zero-order valence-electron chi connectivity index (χ0n) is 19.1. The quantitative estimate of drug-likeness (QED) is 0.444. The van der Waals surface area contributed by atoms with Crippen molar-refractivity contribution >= 4 is 34.4 Å². The first kappa shape index (κ1) is 22.7. The van der Waals surface area contributed by atoms with Gasteiger partial charge in [-0.15, -0.1) is 0 Å². The van der Waals surface area contributed by atoms with E-state index in [1.165, 1.54) is 4.90 Å². The van der Waals surface area contributed by atoms with Crippen molar-refractivity contribution in [2.45, 2.75) is 6.54 Å². The van der Waals surface area contributed by atoms with Gasteiger partial charge in [0.1, 0.15) is 0 Å². The molecular formula is C25H22ClN5O4. The molecule has 0 aliphatic carbocycles. The van der Waals surface area contributed by atoms with Gasteiger partial charge in [0.05, 0.1) is 35.9 Å². The SMILES string of the molecule is CN(C)C(=O)CNC(=O)c1cc(-c2ccc3c(c2)OCO3)nc2c1cnn2Cc1ccc(Cl)cc1. The average Bonchev–Trinajstić information content (AvgIpc) is 3.49. The van der Waals surface area contributed by atoms with Gasteiger partial charge in [0.25, 0.3) is 5.91 Å². The molecule has 9 nitrogen and oxygen atoms in total. The van der Waals surface area contributed by atoms with Gasteiger partial charge in [0.15, 0.2) is 17.1 Å². The summed E-state index contributed by atoms with van der Waals surface area (Å²) in [6, 6.07) is 14.7. The smallest absolute Gasteiger partial charge is 0.252 e. The van der Waals surface area contributed by atoms with Crippen molar-refractivity contribution in [3.8, 4) is 22.8 Å². The lowest BCUT2D eigenvalue weighted by molar-refractivity contribution is -0.127. The van der Waals surface area contributed by atoms with Crippen molar-refractivity contribution in [2.75, 3.05) is 27.4 Å². The van der Waals surface area contributed by atoms with Crippen LogP contribution in [0.15, 0.2) is 54.7 Å². The maximum Gasteiger partial charge on any atom is 0.252 e. The second-order valence-corrected chi connectivity index (χ2v) is 8.70. The van der Waals surface area contributed by atoms with E-state index in [1.807, 2.05) is 42.5 Å². The summed E-state index contributed by atoms with van der Waals surface area (Å²) in [4.78, 5) is 31.4. The maximum atomic E-state index is 13.2. The number of nitrogens with zero attached hydrogens (tertiary/aromatic N) is 4. The van der Waals surface area contributed by atoms with Crippen molar-refractivity contribution in [3.63, 3.8) is 0 Å². The molecule has 0 unspecified atom stereocenters. The van der Waals surface area contributed by atoms with E-state index in [1.54, 1.807) is 31.0 Å². The first-order valence-corrected chi connectivity index (χ1v) is 11.3. The van der Waals surface area contributed by atoms with E-state index in [0.717, 1.165) is 11.1 Å². The van der Waals surface area contributed by atoms with Crippen LogP contribution in [0.4, 0.5) is 0 Å². The van der Waals surface area contributed by atoms with Crippen molar-refractivity contribution in [1.82, 2.24) is 25.0 Å². The summed E-state index contributed by atoms with van der Waals surface area (Å²) in [5.74, 6) is 0.670. The molecule has 0 bridgehead atoms. The van der Waals surface area contributed by atoms with Crippen LogP contribution in [0.5, 0.6) is 11.5 Å². The van der Waals surface area contributed by atoms with Gasteiger partial charge in [0, 0.05) is 24.7 Å². The number of fused-ring (bicyclic) bond motifs is 2. The van der Waals surface area contributed by atoms with Crippen LogP contribution in [0.3, 0.4) is 0 Å². The largest absolute Gasteiger partial charge is 0.454 e. The monoisotopic (exact) mass is 491 g/mol. The van der Waals surface area contributed by atoms with Crippen molar-refractivity contribution in [3.05, 3.63) is 70.9 Å². The zero-order valence-corrected chi connectivity index (χ0v) is 19.9. The summed E-state index contributed by atoms with van der Waals surface area (Å²) in [6.45, 7) is 0.485. The lowest BCUT2D eigenvalue weighted by Gasteiger charge is -2.12. The maximum absolute atomic E-state index is 13.2. The van der Waals surface area contributed by atoms with Gasteiger partial charge >= 0.3 is 0 Å². The average molecular weight is 492 g/mol. The van der Waals surface area contributed by atoms with E-state index in [-0.39, 0.29) is 25.2 Å². The van der Waals surface area contributed by atoms with E-state index < -0.39 is 0 Å². The van der Waals surface area contributed by atoms with Crippen LogP contribution in [0.25, 0.3) is 22.3 Å². The van der Waals surface area contributed by atoms with E-state index in [4.69, 9.17) is 26.1 Å². The molecule has 2 amide bonds. The molecule has 1 N–H and O–H groups in total. The van der Waals surface area contributed by atoms with E-state index in [0.29, 0.717) is 45.4 Å². The Morgan fingerprint density at radius 2 is 1.86 bits per heavy atom. The fourth-order valence-electron chi connectivity index (χ4n) is 3.73. The molecule has 1 aliphatic rings. The third-order valence-corrected chi connectivity index (χ3v) is 5.92. The number of aromatic nitrogens is 3. The van der Waals surface area contributed by atoms with Gasteiger partial charge < -0.3 is 19.7 Å². The minimum absolute atomic E-state index is 0.117. The fraction of sp³-hybridized carbons (Fsp3) is 0.200. The molecule has 35 heavy (non-hydrogen) atoms.